The van der Waals surface area contributed by atoms with Crippen molar-refractivity contribution in [3.05, 3.63) is 29.8 Å². The van der Waals surface area contributed by atoms with E-state index in [2.05, 4.69) is 0 Å². The van der Waals surface area contributed by atoms with E-state index in [1.54, 1.807) is 12.0 Å². The number of benzene rings is 1. The van der Waals surface area contributed by atoms with Gasteiger partial charge in [-0.15, -0.1) is 0 Å². The molecule has 0 aliphatic heterocycles. The molecule has 0 saturated carbocycles. The molecule has 1 rings (SSSR count). The van der Waals surface area contributed by atoms with Gasteiger partial charge in [0.15, 0.2) is 0 Å². The van der Waals surface area contributed by atoms with E-state index in [9.17, 15) is 4.79 Å². The molecule has 5 heteroatoms. The summed E-state index contributed by atoms with van der Waals surface area (Å²) in [5, 5.41) is 9.15. The van der Waals surface area contributed by atoms with Crippen LogP contribution in [0.1, 0.15) is 26.3 Å². The molecule has 0 spiro atoms. The maximum absolute atomic E-state index is 12.2. The van der Waals surface area contributed by atoms with Crippen LogP contribution in [-0.2, 0) is 16.1 Å². The van der Waals surface area contributed by atoms with Crippen LogP contribution in [-0.4, -0.2) is 48.4 Å². The monoisotopic (exact) mass is 295 g/mol. The average Bonchev–Trinajstić information content (AvgIpc) is 2.44. The summed E-state index contributed by atoms with van der Waals surface area (Å²) in [7, 11) is 1.60. The van der Waals surface area contributed by atoms with Gasteiger partial charge in [0.2, 0.25) is 5.91 Å². The maximum atomic E-state index is 12.2. The maximum Gasteiger partial charge on any atom is 0.248 e. The third-order valence-electron chi connectivity index (χ3n) is 2.91. The van der Waals surface area contributed by atoms with Crippen LogP contribution in [0.25, 0.3) is 0 Å². The topological polar surface area (TPSA) is 59.0 Å². The number of carbonyl (C=O) groups is 1. The molecule has 1 N–H and O–H groups in total. The fourth-order valence-corrected chi connectivity index (χ4v) is 1.82. The molecule has 1 aromatic rings. The molecule has 118 valence electrons. The van der Waals surface area contributed by atoms with Crippen molar-refractivity contribution in [2.75, 3.05) is 26.9 Å². The lowest BCUT2D eigenvalue weighted by molar-refractivity contribution is -0.142. The predicted molar refractivity (Wildman–Crippen MR) is 81.2 cm³/mol. The molecule has 0 bridgehead atoms. The lowest BCUT2D eigenvalue weighted by Crippen LogP contribution is -2.37. The summed E-state index contributed by atoms with van der Waals surface area (Å²) >= 11 is 0. The Morgan fingerprint density at radius 3 is 2.52 bits per heavy atom. The lowest BCUT2D eigenvalue weighted by atomic mass is 10.2. The second-order valence-electron chi connectivity index (χ2n) is 5.75. The van der Waals surface area contributed by atoms with Gasteiger partial charge in [-0.2, -0.15) is 0 Å². The van der Waals surface area contributed by atoms with Gasteiger partial charge in [-0.25, -0.2) is 0 Å². The molecule has 1 amide bonds. The van der Waals surface area contributed by atoms with Gasteiger partial charge in [0.05, 0.1) is 19.3 Å². The second-order valence-corrected chi connectivity index (χ2v) is 5.75. The number of hydrogen-bond acceptors (Lipinski definition) is 4. The lowest BCUT2D eigenvalue weighted by Gasteiger charge is -2.25. The number of para-hydroxylation sites is 1. The van der Waals surface area contributed by atoms with Gasteiger partial charge in [-0.05, 0) is 26.8 Å². The fourth-order valence-electron chi connectivity index (χ4n) is 1.82. The summed E-state index contributed by atoms with van der Waals surface area (Å²) in [4.78, 5) is 13.8. The Bertz CT molecular complexity index is 454. The molecular weight excluding hydrogens is 270 g/mol. The third kappa shape index (κ3) is 6.14. The molecule has 0 radical (unpaired) electrons. The van der Waals surface area contributed by atoms with Crippen molar-refractivity contribution in [2.24, 2.45) is 0 Å². The van der Waals surface area contributed by atoms with Gasteiger partial charge in [-0.1, -0.05) is 18.2 Å². The van der Waals surface area contributed by atoms with Crippen molar-refractivity contribution in [3.8, 4) is 5.75 Å². The fraction of sp³-hybridized carbons (Fsp3) is 0.562. The zero-order valence-corrected chi connectivity index (χ0v) is 13.3. The minimum Gasteiger partial charge on any atom is -0.496 e. The van der Waals surface area contributed by atoms with Crippen LogP contribution >= 0.6 is 0 Å². The number of aliphatic hydroxyl groups is 1. The van der Waals surface area contributed by atoms with Gasteiger partial charge in [0.25, 0.3) is 0 Å². The van der Waals surface area contributed by atoms with Crippen molar-refractivity contribution >= 4 is 5.91 Å². The molecule has 0 aliphatic rings. The molecule has 0 aromatic heterocycles. The van der Waals surface area contributed by atoms with E-state index in [0.29, 0.717) is 6.54 Å². The minimum atomic E-state index is -0.370. The Morgan fingerprint density at radius 2 is 1.95 bits per heavy atom. The van der Waals surface area contributed by atoms with E-state index in [1.165, 1.54) is 0 Å². The molecule has 0 aliphatic carbocycles. The van der Waals surface area contributed by atoms with E-state index in [4.69, 9.17) is 14.6 Å². The van der Waals surface area contributed by atoms with Gasteiger partial charge in [-0.3, -0.25) is 4.79 Å². The first-order chi connectivity index (χ1) is 9.87. The SMILES string of the molecule is COc1ccccc1CN(CCO)C(=O)COC(C)(C)C. The first-order valence-corrected chi connectivity index (χ1v) is 7.02. The van der Waals surface area contributed by atoms with Crippen LogP contribution in [0.3, 0.4) is 0 Å². The molecule has 0 unspecified atom stereocenters. The molecule has 0 saturated heterocycles. The summed E-state index contributed by atoms with van der Waals surface area (Å²) in [5.41, 5.74) is 0.530. The normalized spacial score (nSPS) is 11.3. The standard InChI is InChI=1S/C16H25NO4/c1-16(2,3)21-12-15(19)17(9-10-18)11-13-7-5-6-8-14(13)20-4/h5-8,18H,9-12H2,1-4H3. The molecule has 21 heavy (non-hydrogen) atoms. The number of ether oxygens (including phenoxy) is 2. The van der Waals surface area contributed by atoms with E-state index < -0.39 is 0 Å². The van der Waals surface area contributed by atoms with Crippen LogP contribution in [0.15, 0.2) is 24.3 Å². The Morgan fingerprint density at radius 1 is 1.29 bits per heavy atom. The number of rotatable bonds is 7. The smallest absolute Gasteiger partial charge is 0.248 e. The van der Waals surface area contributed by atoms with E-state index in [1.807, 2.05) is 45.0 Å². The highest BCUT2D eigenvalue weighted by Gasteiger charge is 2.19. The van der Waals surface area contributed by atoms with Crippen molar-refractivity contribution < 1.29 is 19.4 Å². The van der Waals surface area contributed by atoms with Gasteiger partial charge >= 0.3 is 0 Å². The number of nitrogens with zero attached hydrogens (tertiary/aromatic N) is 1. The van der Waals surface area contributed by atoms with Crippen LogP contribution in [0.5, 0.6) is 5.75 Å². The molecule has 0 atom stereocenters. The van der Waals surface area contributed by atoms with Gasteiger partial charge < -0.3 is 19.5 Å². The number of methoxy groups -OCH3 is 1. The van der Waals surface area contributed by atoms with Crippen LogP contribution in [0.4, 0.5) is 0 Å². The first-order valence-electron chi connectivity index (χ1n) is 7.02. The Kier molecular flexibility index (Phi) is 6.65. The third-order valence-corrected chi connectivity index (χ3v) is 2.91. The van der Waals surface area contributed by atoms with Crippen LogP contribution < -0.4 is 4.74 Å². The summed E-state index contributed by atoms with van der Waals surface area (Å²) in [5.74, 6) is 0.579. The summed E-state index contributed by atoms with van der Waals surface area (Å²) in [6.45, 7) is 6.26. The highest BCUT2D eigenvalue weighted by atomic mass is 16.5. The molecule has 1 aromatic carbocycles. The Labute approximate surface area is 126 Å². The van der Waals surface area contributed by atoms with Crippen LogP contribution in [0, 0.1) is 0 Å². The number of hydrogen-bond donors (Lipinski definition) is 1. The van der Waals surface area contributed by atoms with Gasteiger partial charge in [0, 0.05) is 18.7 Å². The predicted octanol–water partition coefficient (Wildman–Crippen LogP) is 1.83. The molecule has 0 fully saturated rings. The van der Waals surface area contributed by atoms with Crippen molar-refractivity contribution in [3.63, 3.8) is 0 Å². The highest BCUT2D eigenvalue weighted by Crippen LogP contribution is 2.19. The number of amides is 1. The molecule has 5 nitrogen and oxygen atoms in total. The molecular formula is C16H25NO4. The highest BCUT2D eigenvalue weighted by molar-refractivity contribution is 5.77. The summed E-state index contributed by atoms with van der Waals surface area (Å²) in [6.07, 6.45) is 0. The number of carbonyl (C=O) groups excluding carboxylic acids is 1. The average molecular weight is 295 g/mol. The molecule has 0 heterocycles. The number of aliphatic hydroxyl groups excluding tert-OH is 1. The quantitative estimate of drug-likeness (QED) is 0.834. The second kappa shape index (κ2) is 8.00. The zero-order chi connectivity index (χ0) is 15.9. The minimum absolute atomic E-state index is 0.00134. The van der Waals surface area contributed by atoms with Crippen molar-refractivity contribution in [1.82, 2.24) is 4.90 Å². The van der Waals surface area contributed by atoms with Crippen molar-refractivity contribution in [2.45, 2.75) is 32.9 Å². The van der Waals surface area contributed by atoms with E-state index >= 15 is 0 Å². The van der Waals surface area contributed by atoms with Crippen LogP contribution in [0.2, 0.25) is 0 Å². The first kappa shape index (κ1) is 17.5. The van der Waals surface area contributed by atoms with Gasteiger partial charge in [0.1, 0.15) is 12.4 Å². The zero-order valence-electron chi connectivity index (χ0n) is 13.3. The van der Waals surface area contributed by atoms with E-state index in [0.717, 1.165) is 11.3 Å². The van der Waals surface area contributed by atoms with E-state index in [-0.39, 0.29) is 31.3 Å². The Hall–Kier alpha value is -1.59. The largest absolute Gasteiger partial charge is 0.496 e. The Balaban J connectivity index is 2.75. The van der Waals surface area contributed by atoms with Crippen molar-refractivity contribution in [1.29, 1.82) is 0 Å². The summed E-state index contributed by atoms with van der Waals surface area (Å²) < 4.78 is 10.8. The summed E-state index contributed by atoms with van der Waals surface area (Å²) in [6, 6.07) is 7.53.